The molecule has 1 N–H and O–H groups in total. The quantitative estimate of drug-likeness (QED) is 0.787. The van der Waals surface area contributed by atoms with Crippen molar-refractivity contribution in [3.05, 3.63) is 0 Å². The summed E-state index contributed by atoms with van der Waals surface area (Å²) in [6.45, 7) is 12.2. The van der Waals surface area contributed by atoms with Gasteiger partial charge in [0.2, 0.25) is 12.6 Å². The van der Waals surface area contributed by atoms with Crippen LogP contribution < -0.4 is 0 Å². The van der Waals surface area contributed by atoms with Crippen LogP contribution >= 0.6 is 0 Å². The topological polar surface area (TPSA) is 57.2 Å². The van der Waals surface area contributed by atoms with E-state index in [9.17, 15) is 5.11 Å². The number of aliphatic hydroxyl groups is 1. The Kier molecular flexibility index (Phi) is 5.97. The minimum absolute atomic E-state index is 0.133. The smallest absolute Gasteiger partial charge is 0.209 e. The van der Waals surface area contributed by atoms with Crippen molar-refractivity contribution in [2.24, 2.45) is 0 Å². The molecule has 6 heteroatoms. The SMILES string of the molecule is CO[C@@H]1OC[C@@H](CCO[Si](C)(C)C(C)(C)C)OC1O. The fourth-order valence-corrected chi connectivity index (χ4v) is 2.64. The predicted octanol–water partition coefficient (Wildman–Crippen LogP) is 2.10. The molecule has 3 atom stereocenters. The second kappa shape index (κ2) is 6.65. The average Bonchev–Trinajstić information content (AvgIpc) is 2.27. The van der Waals surface area contributed by atoms with Gasteiger partial charge in [-0.25, -0.2) is 0 Å². The zero-order chi connectivity index (χ0) is 14.7. The zero-order valence-electron chi connectivity index (χ0n) is 12.9. The molecule has 1 aliphatic heterocycles. The van der Waals surface area contributed by atoms with Crippen molar-refractivity contribution in [3.63, 3.8) is 0 Å². The molecule has 1 saturated heterocycles. The summed E-state index contributed by atoms with van der Waals surface area (Å²) in [5.41, 5.74) is 0. The first-order valence-corrected chi connectivity index (χ1v) is 9.70. The van der Waals surface area contributed by atoms with Gasteiger partial charge in [-0.05, 0) is 24.6 Å². The molecule has 19 heavy (non-hydrogen) atoms. The van der Waals surface area contributed by atoms with Gasteiger partial charge in [-0.3, -0.25) is 0 Å². The highest BCUT2D eigenvalue weighted by atomic mass is 28.4. The van der Waals surface area contributed by atoms with Crippen LogP contribution in [0.4, 0.5) is 0 Å². The van der Waals surface area contributed by atoms with Gasteiger partial charge in [0.15, 0.2) is 8.32 Å². The Morgan fingerprint density at radius 2 is 1.95 bits per heavy atom. The monoisotopic (exact) mass is 292 g/mol. The lowest BCUT2D eigenvalue weighted by Gasteiger charge is -2.37. The van der Waals surface area contributed by atoms with E-state index in [2.05, 4.69) is 33.9 Å². The summed E-state index contributed by atoms with van der Waals surface area (Å²) < 4.78 is 21.8. The van der Waals surface area contributed by atoms with Gasteiger partial charge in [0.25, 0.3) is 0 Å². The third-order valence-corrected chi connectivity index (χ3v) is 8.49. The first-order valence-electron chi connectivity index (χ1n) is 6.79. The maximum Gasteiger partial charge on any atom is 0.209 e. The van der Waals surface area contributed by atoms with Crippen molar-refractivity contribution in [1.82, 2.24) is 0 Å². The Hall–Kier alpha value is 0.0169. The van der Waals surface area contributed by atoms with E-state index in [-0.39, 0.29) is 11.1 Å². The molecule has 0 radical (unpaired) electrons. The van der Waals surface area contributed by atoms with E-state index >= 15 is 0 Å². The molecule has 1 aliphatic rings. The molecule has 0 aliphatic carbocycles. The van der Waals surface area contributed by atoms with E-state index in [1.165, 1.54) is 7.11 Å². The lowest BCUT2D eigenvalue weighted by molar-refractivity contribution is -0.322. The second-order valence-electron chi connectivity index (χ2n) is 6.48. The molecule has 0 aromatic carbocycles. The van der Waals surface area contributed by atoms with Gasteiger partial charge in [0.05, 0.1) is 12.7 Å². The highest BCUT2D eigenvalue weighted by Gasteiger charge is 2.37. The number of hydrogen-bond acceptors (Lipinski definition) is 5. The van der Waals surface area contributed by atoms with Crippen molar-refractivity contribution in [2.45, 2.75) is 64.0 Å². The summed E-state index contributed by atoms with van der Waals surface area (Å²) >= 11 is 0. The van der Waals surface area contributed by atoms with E-state index in [1.54, 1.807) is 0 Å². The fraction of sp³-hybridized carbons (Fsp3) is 1.00. The molecule has 0 amide bonds. The van der Waals surface area contributed by atoms with Gasteiger partial charge < -0.3 is 23.7 Å². The van der Waals surface area contributed by atoms with Gasteiger partial charge in [-0.1, -0.05) is 20.8 Å². The molecule has 0 aromatic heterocycles. The standard InChI is InChI=1S/C13H28O5Si/c1-13(2,3)19(5,6)17-8-7-10-9-16-12(15-4)11(14)18-10/h10-12,14H,7-9H2,1-6H3/t10-,11?,12-/m1/s1. The average molecular weight is 292 g/mol. The van der Waals surface area contributed by atoms with Crippen LogP contribution in [0.2, 0.25) is 18.1 Å². The van der Waals surface area contributed by atoms with E-state index in [1.807, 2.05) is 0 Å². The van der Waals surface area contributed by atoms with Gasteiger partial charge in [0.1, 0.15) is 0 Å². The molecule has 5 nitrogen and oxygen atoms in total. The Bertz CT molecular complexity index is 277. The van der Waals surface area contributed by atoms with Crippen molar-refractivity contribution >= 4 is 8.32 Å². The van der Waals surface area contributed by atoms with Crippen LogP contribution in [0, 0.1) is 0 Å². The van der Waals surface area contributed by atoms with Crippen LogP contribution in [-0.4, -0.2) is 52.4 Å². The van der Waals surface area contributed by atoms with Gasteiger partial charge >= 0.3 is 0 Å². The molecule has 0 saturated carbocycles. The van der Waals surface area contributed by atoms with Crippen LogP contribution in [0.3, 0.4) is 0 Å². The summed E-state index contributed by atoms with van der Waals surface area (Å²) in [4.78, 5) is 0. The fourth-order valence-electron chi connectivity index (χ4n) is 1.58. The summed E-state index contributed by atoms with van der Waals surface area (Å²) in [6, 6.07) is 0. The number of aliphatic hydroxyl groups excluding tert-OH is 1. The van der Waals surface area contributed by atoms with Gasteiger partial charge in [0, 0.05) is 13.7 Å². The normalized spacial score (nSPS) is 29.5. The zero-order valence-corrected chi connectivity index (χ0v) is 13.9. The molecular weight excluding hydrogens is 264 g/mol. The summed E-state index contributed by atoms with van der Waals surface area (Å²) in [7, 11) is -0.226. The minimum Gasteiger partial charge on any atom is -0.417 e. The predicted molar refractivity (Wildman–Crippen MR) is 75.4 cm³/mol. The lowest BCUT2D eigenvalue weighted by Crippen LogP contribution is -2.46. The van der Waals surface area contributed by atoms with Crippen molar-refractivity contribution < 1.29 is 23.7 Å². The van der Waals surface area contributed by atoms with Gasteiger partial charge in [-0.2, -0.15) is 0 Å². The highest BCUT2D eigenvalue weighted by Crippen LogP contribution is 2.36. The first kappa shape index (κ1) is 17.1. The Labute approximate surface area is 117 Å². The number of methoxy groups -OCH3 is 1. The van der Waals surface area contributed by atoms with Crippen molar-refractivity contribution in [3.8, 4) is 0 Å². The number of rotatable bonds is 5. The van der Waals surface area contributed by atoms with E-state index in [0.717, 1.165) is 6.42 Å². The van der Waals surface area contributed by atoms with Crippen LogP contribution in [-0.2, 0) is 18.6 Å². The molecule has 0 spiro atoms. The maximum atomic E-state index is 9.62. The van der Waals surface area contributed by atoms with E-state index < -0.39 is 20.9 Å². The number of ether oxygens (including phenoxy) is 3. The summed E-state index contributed by atoms with van der Waals surface area (Å²) in [5.74, 6) is 0. The molecular formula is C13H28O5Si. The maximum absolute atomic E-state index is 9.62. The Morgan fingerprint density at radius 3 is 2.42 bits per heavy atom. The molecule has 1 rings (SSSR count). The van der Waals surface area contributed by atoms with E-state index in [0.29, 0.717) is 13.2 Å². The highest BCUT2D eigenvalue weighted by molar-refractivity contribution is 6.74. The first-order chi connectivity index (χ1) is 8.67. The summed E-state index contributed by atoms with van der Waals surface area (Å²) in [5, 5.41) is 9.83. The molecule has 0 aromatic rings. The van der Waals surface area contributed by atoms with Crippen LogP contribution in [0.1, 0.15) is 27.2 Å². The molecule has 1 unspecified atom stereocenters. The van der Waals surface area contributed by atoms with Crippen LogP contribution in [0.25, 0.3) is 0 Å². The molecule has 1 heterocycles. The third-order valence-electron chi connectivity index (χ3n) is 3.95. The van der Waals surface area contributed by atoms with Gasteiger partial charge in [-0.15, -0.1) is 0 Å². The van der Waals surface area contributed by atoms with E-state index in [4.69, 9.17) is 18.6 Å². The summed E-state index contributed by atoms with van der Waals surface area (Å²) in [6.07, 6.45) is -1.11. The Balaban J connectivity index is 2.31. The lowest BCUT2D eigenvalue weighted by atomic mass is 10.2. The molecule has 0 bridgehead atoms. The van der Waals surface area contributed by atoms with Crippen molar-refractivity contribution in [1.29, 1.82) is 0 Å². The Morgan fingerprint density at radius 1 is 1.32 bits per heavy atom. The molecule has 1 fully saturated rings. The number of hydrogen-bond donors (Lipinski definition) is 1. The van der Waals surface area contributed by atoms with Crippen LogP contribution in [0.15, 0.2) is 0 Å². The molecule has 114 valence electrons. The minimum atomic E-state index is -1.71. The largest absolute Gasteiger partial charge is 0.417 e. The third kappa shape index (κ3) is 4.80. The van der Waals surface area contributed by atoms with Crippen LogP contribution in [0.5, 0.6) is 0 Å². The second-order valence-corrected chi connectivity index (χ2v) is 11.3. The van der Waals surface area contributed by atoms with Crippen molar-refractivity contribution in [2.75, 3.05) is 20.3 Å².